The Morgan fingerprint density at radius 3 is 1.56 bits per heavy atom. The quantitative estimate of drug-likeness (QED) is 0.570. The number of carbonyl (C=O) groups excluding carboxylic acids is 2. The van der Waals surface area contributed by atoms with Crippen molar-refractivity contribution in [3.05, 3.63) is 0 Å². The molecule has 0 spiro atoms. The maximum Gasteiger partial charge on any atom is 0.460 e. The van der Waals surface area contributed by atoms with Crippen LogP contribution in [-0.2, 0) is 9.59 Å². The zero-order valence-corrected chi connectivity index (χ0v) is 7.67. The monoisotopic (exact) mass is 254 g/mol. The standard InChI is InChI=1S/C7H5F7O2/c1-3(15)2-4(16)5(8,9)6(10,11)7(12,13)14/h2H2,1H3. The van der Waals surface area contributed by atoms with Crippen LogP contribution in [0.2, 0.25) is 0 Å². The first-order chi connectivity index (χ1) is 6.84. The summed E-state index contributed by atoms with van der Waals surface area (Å²) in [6, 6.07) is 0. The normalized spacial score (nSPS) is 13.8. The minimum atomic E-state index is -6.57. The van der Waals surface area contributed by atoms with E-state index < -0.39 is 36.0 Å². The Hall–Kier alpha value is -1.15. The van der Waals surface area contributed by atoms with Crippen molar-refractivity contribution in [2.75, 3.05) is 0 Å². The van der Waals surface area contributed by atoms with Crippen LogP contribution in [0, 0.1) is 0 Å². The number of ketones is 2. The Labute approximate surface area is 84.4 Å². The molecular weight excluding hydrogens is 249 g/mol. The van der Waals surface area contributed by atoms with Crippen LogP contribution in [0.25, 0.3) is 0 Å². The van der Waals surface area contributed by atoms with Gasteiger partial charge in [-0.15, -0.1) is 0 Å². The fourth-order valence-corrected chi connectivity index (χ4v) is 0.690. The second-order valence-corrected chi connectivity index (χ2v) is 2.95. The van der Waals surface area contributed by atoms with Crippen molar-refractivity contribution in [2.45, 2.75) is 31.4 Å². The van der Waals surface area contributed by atoms with Crippen molar-refractivity contribution < 1.29 is 40.3 Å². The van der Waals surface area contributed by atoms with Gasteiger partial charge in [0, 0.05) is 0 Å². The minimum absolute atomic E-state index is 0.611. The van der Waals surface area contributed by atoms with E-state index in [0.717, 1.165) is 0 Å². The lowest BCUT2D eigenvalue weighted by Crippen LogP contribution is -2.56. The number of Topliss-reactive ketones (excluding diaryl/α,β-unsaturated/α-hetero) is 2. The summed E-state index contributed by atoms with van der Waals surface area (Å²) in [6.07, 6.45) is -8.25. The second kappa shape index (κ2) is 4.02. The average Bonchev–Trinajstić information content (AvgIpc) is 2.00. The van der Waals surface area contributed by atoms with Gasteiger partial charge in [-0.2, -0.15) is 30.7 Å². The van der Waals surface area contributed by atoms with Crippen molar-refractivity contribution >= 4 is 11.6 Å². The summed E-state index contributed by atoms with van der Waals surface area (Å²) in [4.78, 5) is 20.6. The Morgan fingerprint density at radius 2 is 1.31 bits per heavy atom. The third-order valence-corrected chi connectivity index (χ3v) is 1.51. The largest absolute Gasteiger partial charge is 0.460 e. The van der Waals surface area contributed by atoms with E-state index in [0.29, 0.717) is 6.92 Å². The van der Waals surface area contributed by atoms with Gasteiger partial charge in [0.1, 0.15) is 5.78 Å². The van der Waals surface area contributed by atoms with Gasteiger partial charge in [0.15, 0.2) is 0 Å². The van der Waals surface area contributed by atoms with Gasteiger partial charge in [0.05, 0.1) is 6.42 Å². The maximum atomic E-state index is 12.5. The molecule has 0 saturated carbocycles. The van der Waals surface area contributed by atoms with Gasteiger partial charge in [-0.1, -0.05) is 0 Å². The molecule has 0 N–H and O–H groups in total. The van der Waals surface area contributed by atoms with E-state index in [1.54, 1.807) is 0 Å². The molecule has 0 aliphatic rings. The molecule has 0 bridgehead atoms. The molecule has 0 radical (unpaired) electrons. The fourth-order valence-electron chi connectivity index (χ4n) is 0.690. The van der Waals surface area contributed by atoms with E-state index in [9.17, 15) is 40.3 Å². The molecule has 0 aliphatic carbocycles. The average molecular weight is 254 g/mol. The first-order valence-electron chi connectivity index (χ1n) is 3.69. The number of rotatable bonds is 4. The number of alkyl halides is 7. The highest BCUT2D eigenvalue weighted by Crippen LogP contribution is 2.47. The summed E-state index contributed by atoms with van der Waals surface area (Å²) in [6.45, 7) is 0.611. The van der Waals surface area contributed by atoms with E-state index in [-0.39, 0.29) is 0 Å². The van der Waals surface area contributed by atoms with Gasteiger partial charge in [-0.3, -0.25) is 9.59 Å². The van der Waals surface area contributed by atoms with Crippen LogP contribution in [-0.4, -0.2) is 29.6 Å². The molecule has 16 heavy (non-hydrogen) atoms. The summed E-state index contributed by atoms with van der Waals surface area (Å²) in [5.74, 6) is -16.4. The lowest BCUT2D eigenvalue weighted by atomic mass is 10.0. The van der Waals surface area contributed by atoms with Crippen molar-refractivity contribution in [1.29, 1.82) is 0 Å². The topological polar surface area (TPSA) is 34.1 Å². The third-order valence-electron chi connectivity index (χ3n) is 1.51. The molecule has 2 nitrogen and oxygen atoms in total. The Morgan fingerprint density at radius 1 is 0.938 bits per heavy atom. The molecular formula is C7H5F7O2. The molecule has 0 aromatic rings. The smallest absolute Gasteiger partial charge is 0.300 e. The van der Waals surface area contributed by atoms with Crippen LogP contribution in [0.1, 0.15) is 13.3 Å². The molecule has 0 aromatic heterocycles. The van der Waals surface area contributed by atoms with Crippen molar-refractivity contribution in [3.8, 4) is 0 Å². The highest BCUT2D eigenvalue weighted by Gasteiger charge is 2.75. The van der Waals surface area contributed by atoms with Gasteiger partial charge in [-0.25, -0.2) is 0 Å². The Balaban J connectivity index is 5.19. The van der Waals surface area contributed by atoms with E-state index in [4.69, 9.17) is 0 Å². The lowest BCUT2D eigenvalue weighted by molar-refractivity contribution is -0.343. The molecule has 9 heteroatoms. The summed E-state index contributed by atoms with van der Waals surface area (Å²) < 4.78 is 84.0. The van der Waals surface area contributed by atoms with Crippen LogP contribution in [0.4, 0.5) is 30.7 Å². The SMILES string of the molecule is CC(=O)CC(=O)C(F)(F)C(F)(F)C(F)(F)F. The van der Waals surface area contributed by atoms with Gasteiger partial charge < -0.3 is 0 Å². The van der Waals surface area contributed by atoms with Crippen LogP contribution >= 0.6 is 0 Å². The maximum absolute atomic E-state index is 12.5. The van der Waals surface area contributed by atoms with Crippen LogP contribution < -0.4 is 0 Å². The lowest BCUT2D eigenvalue weighted by Gasteiger charge is -2.26. The fraction of sp³-hybridized carbons (Fsp3) is 0.714. The molecule has 0 unspecified atom stereocenters. The third kappa shape index (κ3) is 2.50. The zero-order valence-electron chi connectivity index (χ0n) is 7.67. The number of halogens is 7. The van der Waals surface area contributed by atoms with Gasteiger partial charge in [0.25, 0.3) is 0 Å². The van der Waals surface area contributed by atoms with E-state index in [1.807, 2.05) is 0 Å². The van der Waals surface area contributed by atoms with Gasteiger partial charge in [0.2, 0.25) is 5.78 Å². The molecule has 0 heterocycles. The minimum Gasteiger partial charge on any atom is -0.300 e. The molecule has 0 aliphatic heterocycles. The van der Waals surface area contributed by atoms with E-state index >= 15 is 0 Å². The second-order valence-electron chi connectivity index (χ2n) is 2.95. The van der Waals surface area contributed by atoms with Crippen molar-refractivity contribution in [2.24, 2.45) is 0 Å². The summed E-state index contributed by atoms with van der Waals surface area (Å²) >= 11 is 0. The molecule has 0 fully saturated rings. The van der Waals surface area contributed by atoms with Crippen molar-refractivity contribution in [1.82, 2.24) is 0 Å². The van der Waals surface area contributed by atoms with Crippen LogP contribution in [0.3, 0.4) is 0 Å². The summed E-state index contributed by atoms with van der Waals surface area (Å²) in [7, 11) is 0. The molecule has 0 saturated heterocycles. The van der Waals surface area contributed by atoms with Crippen LogP contribution in [0.15, 0.2) is 0 Å². The molecule has 0 amide bonds. The highest BCUT2D eigenvalue weighted by molar-refractivity contribution is 6.01. The number of carbonyl (C=O) groups is 2. The molecule has 94 valence electrons. The molecule has 0 aromatic carbocycles. The zero-order chi connectivity index (χ0) is 13.4. The summed E-state index contributed by atoms with van der Waals surface area (Å²) in [5, 5.41) is 0. The predicted octanol–water partition coefficient (Wildman–Crippen LogP) is 2.37. The van der Waals surface area contributed by atoms with E-state index in [1.165, 1.54) is 0 Å². The van der Waals surface area contributed by atoms with Gasteiger partial charge >= 0.3 is 18.0 Å². The Kier molecular flexibility index (Phi) is 3.73. The van der Waals surface area contributed by atoms with Crippen LogP contribution in [0.5, 0.6) is 0 Å². The van der Waals surface area contributed by atoms with Crippen molar-refractivity contribution in [3.63, 3.8) is 0 Å². The predicted molar refractivity (Wildman–Crippen MR) is 36.3 cm³/mol. The molecule has 0 rings (SSSR count). The summed E-state index contributed by atoms with van der Waals surface area (Å²) in [5.41, 5.74) is 0. The highest BCUT2D eigenvalue weighted by atomic mass is 19.4. The molecule has 0 atom stereocenters. The first-order valence-corrected chi connectivity index (χ1v) is 3.69. The number of hydrogen-bond acceptors (Lipinski definition) is 2. The number of hydrogen-bond donors (Lipinski definition) is 0. The Bertz CT molecular complexity index is 304. The van der Waals surface area contributed by atoms with E-state index in [2.05, 4.69) is 0 Å². The van der Waals surface area contributed by atoms with Gasteiger partial charge in [-0.05, 0) is 6.92 Å². The first kappa shape index (κ1) is 14.8.